The fourth-order valence-corrected chi connectivity index (χ4v) is 1.96. The Morgan fingerprint density at radius 3 is 2.81 bits per heavy atom. The molecule has 0 saturated carbocycles. The standard InChI is InChI=1S/C13H11BrN6O/c1-9-8-13(21-17-9)15-7-6-12-16-18-19-20(12)11-4-2-10(14)3-5-11/h2-8,15H,1H3/b7-6-. The molecule has 0 saturated heterocycles. The number of hydrogen-bond acceptors (Lipinski definition) is 6. The van der Waals surface area contributed by atoms with E-state index in [2.05, 4.69) is 41.9 Å². The Balaban J connectivity index is 1.77. The first-order valence-electron chi connectivity index (χ1n) is 6.13. The molecular weight excluding hydrogens is 336 g/mol. The van der Waals surface area contributed by atoms with Gasteiger partial charge in [0.2, 0.25) is 5.88 Å². The largest absolute Gasteiger partial charge is 0.338 e. The van der Waals surface area contributed by atoms with E-state index in [0.717, 1.165) is 15.9 Å². The topological polar surface area (TPSA) is 81.7 Å². The molecule has 0 atom stereocenters. The molecule has 0 amide bonds. The van der Waals surface area contributed by atoms with Gasteiger partial charge in [0.15, 0.2) is 5.82 Å². The minimum atomic E-state index is 0.561. The highest BCUT2D eigenvalue weighted by Gasteiger charge is 2.05. The summed E-state index contributed by atoms with van der Waals surface area (Å²) in [5.41, 5.74) is 1.68. The minimum Gasteiger partial charge on any atom is -0.338 e. The number of tetrazole rings is 1. The highest BCUT2D eigenvalue weighted by Crippen LogP contribution is 2.14. The quantitative estimate of drug-likeness (QED) is 0.782. The number of anilines is 1. The first-order chi connectivity index (χ1) is 10.2. The summed E-state index contributed by atoms with van der Waals surface area (Å²) in [6, 6.07) is 9.50. The van der Waals surface area contributed by atoms with Crippen molar-refractivity contribution >= 4 is 27.9 Å². The molecule has 0 fully saturated rings. The first-order valence-corrected chi connectivity index (χ1v) is 6.92. The molecule has 7 nitrogen and oxygen atoms in total. The number of halogens is 1. The van der Waals surface area contributed by atoms with Gasteiger partial charge in [0.1, 0.15) is 0 Å². The SMILES string of the molecule is Cc1cc(N/C=C\c2nnnn2-c2ccc(Br)cc2)on1. The maximum Gasteiger partial charge on any atom is 0.228 e. The van der Waals surface area contributed by atoms with E-state index in [4.69, 9.17) is 4.52 Å². The number of aryl methyl sites for hydroxylation is 1. The second kappa shape index (κ2) is 5.88. The van der Waals surface area contributed by atoms with Crippen LogP contribution in [0.15, 0.2) is 45.5 Å². The lowest BCUT2D eigenvalue weighted by molar-refractivity contribution is 0.429. The molecule has 1 aromatic carbocycles. The molecule has 8 heteroatoms. The molecule has 0 unspecified atom stereocenters. The van der Waals surface area contributed by atoms with Gasteiger partial charge in [-0.1, -0.05) is 21.1 Å². The normalized spacial score (nSPS) is 11.1. The highest BCUT2D eigenvalue weighted by molar-refractivity contribution is 9.10. The molecule has 2 aromatic heterocycles. The predicted molar refractivity (Wildman–Crippen MR) is 80.8 cm³/mol. The van der Waals surface area contributed by atoms with Crippen LogP contribution in [0.2, 0.25) is 0 Å². The van der Waals surface area contributed by atoms with Crippen LogP contribution >= 0.6 is 15.9 Å². The van der Waals surface area contributed by atoms with Crippen molar-refractivity contribution < 1.29 is 4.52 Å². The molecule has 2 heterocycles. The second-order valence-corrected chi connectivity index (χ2v) is 5.15. The van der Waals surface area contributed by atoms with Crippen LogP contribution in [0, 0.1) is 6.92 Å². The molecule has 0 aliphatic rings. The van der Waals surface area contributed by atoms with Gasteiger partial charge in [-0.2, -0.15) is 4.68 Å². The summed E-state index contributed by atoms with van der Waals surface area (Å²) in [6.07, 6.45) is 3.45. The number of benzene rings is 1. The van der Waals surface area contributed by atoms with Crippen LogP contribution in [0.3, 0.4) is 0 Å². The molecular formula is C13H11BrN6O. The predicted octanol–water partition coefficient (Wildman–Crippen LogP) is 2.80. The molecule has 0 aliphatic heterocycles. The van der Waals surface area contributed by atoms with Crippen molar-refractivity contribution in [2.24, 2.45) is 0 Å². The molecule has 1 N–H and O–H groups in total. The summed E-state index contributed by atoms with van der Waals surface area (Å²) in [5, 5.41) is 18.4. The van der Waals surface area contributed by atoms with E-state index >= 15 is 0 Å². The van der Waals surface area contributed by atoms with Crippen LogP contribution in [0.4, 0.5) is 5.88 Å². The van der Waals surface area contributed by atoms with Gasteiger partial charge < -0.3 is 9.84 Å². The van der Waals surface area contributed by atoms with E-state index in [0.29, 0.717) is 11.7 Å². The summed E-state index contributed by atoms with van der Waals surface area (Å²) >= 11 is 3.40. The monoisotopic (exact) mass is 346 g/mol. The third-order valence-corrected chi connectivity index (χ3v) is 3.18. The highest BCUT2D eigenvalue weighted by atomic mass is 79.9. The lowest BCUT2D eigenvalue weighted by Gasteiger charge is -2.01. The van der Waals surface area contributed by atoms with Gasteiger partial charge in [-0.15, -0.1) is 5.10 Å². The minimum absolute atomic E-state index is 0.561. The molecule has 0 aliphatic carbocycles. The Morgan fingerprint density at radius 2 is 2.10 bits per heavy atom. The Morgan fingerprint density at radius 1 is 1.29 bits per heavy atom. The summed E-state index contributed by atoms with van der Waals surface area (Å²) in [6.45, 7) is 1.85. The molecule has 3 rings (SSSR count). The maximum absolute atomic E-state index is 5.04. The fraction of sp³-hybridized carbons (Fsp3) is 0.0769. The zero-order chi connectivity index (χ0) is 14.7. The van der Waals surface area contributed by atoms with E-state index in [9.17, 15) is 0 Å². The average molecular weight is 347 g/mol. The van der Waals surface area contributed by atoms with Crippen molar-refractivity contribution in [2.45, 2.75) is 6.92 Å². The summed E-state index contributed by atoms with van der Waals surface area (Å²) in [4.78, 5) is 0. The van der Waals surface area contributed by atoms with E-state index in [1.807, 2.05) is 31.2 Å². The number of nitrogens with one attached hydrogen (secondary N) is 1. The van der Waals surface area contributed by atoms with Gasteiger partial charge in [0.05, 0.1) is 11.4 Å². The van der Waals surface area contributed by atoms with Crippen molar-refractivity contribution in [3.8, 4) is 5.69 Å². The van der Waals surface area contributed by atoms with Crippen molar-refractivity contribution in [1.29, 1.82) is 0 Å². The zero-order valence-electron chi connectivity index (χ0n) is 11.1. The Labute approximate surface area is 128 Å². The summed E-state index contributed by atoms with van der Waals surface area (Å²) in [7, 11) is 0. The second-order valence-electron chi connectivity index (χ2n) is 4.24. The van der Waals surface area contributed by atoms with Gasteiger partial charge in [0, 0.05) is 22.8 Å². The molecule has 3 aromatic rings. The van der Waals surface area contributed by atoms with E-state index in [1.165, 1.54) is 0 Å². The van der Waals surface area contributed by atoms with Crippen LogP contribution in [-0.4, -0.2) is 25.4 Å². The Bertz CT molecular complexity index is 761. The molecule has 0 spiro atoms. The molecule has 0 bridgehead atoms. The van der Waals surface area contributed by atoms with Gasteiger partial charge >= 0.3 is 0 Å². The lowest BCUT2D eigenvalue weighted by atomic mass is 10.3. The van der Waals surface area contributed by atoms with E-state index in [1.54, 1.807) is 23.0 Å². The Kier molecular flexibility index (Phi) is 3.78. The number of nitrogens with zero attached hydrogens (tertiary/aromatic N) is 5. The fourth-order valence-electron chi connectivity index (χ4n) is 1.69. The number of hydrogen-bond donors (Lipinski definition) is 1. The molecule has 106 valence electrons. The smallest absolute Gasteiger partial charge is 0.228 e. The molecule has 0 radical (unpaired) electrons. The van der Waals surface area contributed by atoms with Gasteiger partial charge in [-0.05, 0) is 41.6 Å². The van der Waals surface area contributed by atoms with Gasteiger partial charge in [-0.3, -0.25) is 0 Å². The van der Waals surface area contributed by atoms with Crippen LogP contribution < -0.4 is 5.32 Å². The van der Waals surface area contributed by atoms with Crippen LogP contribution in [-0.2, 0) is 0 Å². The summed E-state index contributed by atoms with van der Waals surface area (Å²) in [5.74, 6) is 1.16. The van der Waals surface area contributed by atoms with E-state index in [-0.39, 0.29) is 0 Å². The van der Waals surface area contributed by atoms with Gasteiger partial charge in [-0.25, -0.2) is 0 Å². The Hall–Kier alpha value is -2.48. The number of aromatic nitrogens is 5. The van der Waals surface area contributed by atoms with Crippen LogP contribution in [0.1, 0.15) is 11.5 Å². The lowest BCUT2D eigenvalue weighted by Crippen LogP contribution is -1.99. The third-order valence-electron chi connectivity index (χ3n) is 2.65. The van der Waals surface area contributed by atoms with Crippen molar-refractivity contribution in [3.63, 3.8) is 0 Å². The maximum atomic E-state index is 5.04. The first kappa shape index (κ1) is 13.5. The third kappa shape index (κ3) is 3.16. The van der Waals surface area contributed by atoms with Gasteiger partial charge in [0.25, 0.3) is 0 Å². The van der Waals surface area contributed by atoms with Crippen LogP contribution in [0.25, 0.3) is 11.8 Å². The number of rotatable bonds is 4. The van der Waals surface area contributed by atoms with E-state index < -0.39 is 0 Å². The van der Waals surface area contributed by atoms with Crippen molar-refractivity contribution in [1.82, 2.24) is 25.4 Å². The molecule has 21 heavy (non-hydrogen) atoms. The van der Waals surface area contributed by atoms with Crippen molar-refractivity contribution in [2.75, 3.05) is 5.32 Å². The summed E-state index contributed by atoms with van der Waals surface area (Å²) < 4.78 is 7.67. The average Bonchev–Trinajstić information content (AvgIpc) is 3.09. The van der Waals surface area contributed by atoms with Crippen molar-refractivity contribution in [3.05, 3.63) is 52.5 Å². The zero-order valence-corrected chi connectivity index (χ0v) is 12.6. The van der Waals surface area contributed by atoms with Crippen LogP contribution in [0.5, 0.6) is 0 Å².